The van der Waals surface area contributed by atoms with Crippen LogP contribution in [0.3, 0.4) is 0 Å². The minimum Gasteiger partial charge on any atom is -0.461 e. The van der Waals surface area contributed by atoms with Crippen LogP contribution in [0.4, 0.5) is 37.2 Å². The van der Waals surface area contributed by atoms with Crippen LogP contribution < -0.4 is 15.4 Å². The van der Waals surface area contributed by atoms with Crippen LogP contribution in [0.2, 0.25) is 0 Å². The molecule has 4 unspecified atom stereocenters. The van der Waals surface area contributed by atoms with Gasteiger partial charge in [0.2, 0.25) is 5.91 Å². The van der Waals surface area contributed by atoms with Gasteiger partial charge < -0.3 is 20.3 Å². The SMILES string of the molecule is C=CC(=O)N1CCC2C1CN2c1nc(OCC23CCCN2CC(F)C3)nc2c(F)c(-c3ccc(F)c4sc(N)c(C#N)c34)c(C(F)(F)F)cc12. The number of likely N-dealkylation sites (tertiary alicyclic amines) is 1. The smallest absolute Gasteiger partial charge is 0.417 e. The number of carbonyl (C=O) groups is 1. The second kappa shape index (κ2) is 11.5. The van der Waals surface area contributed by atoms with E-state index in [1.165, 1.54) is 6.08 Å². The minimum atomic E-state index is -5.11. The molecular weight excluding hydrogens is 684 g/mol. The molecule has 4 aromatic rings. The van der Waals surface area contributed by atoms with Crippen LogP contribution in [0, 0.1) is 23.0 Å². The van der Waals surface area contributed by atoms with Crippen LogP contribution >= 0.6 is 11.3 Å². The highest BCUT2D eigenvalue weighted by Crippen LogP contribution is 2.49. The van der Waals surface area contributed by atoms with Crippen molar-refractivity contribution < 1.29 is 35.9 Å². The number of alkyl halides is 4. The van der Waals surface area contributed by atoms with E-state index in [2.05, 4.69) is 16.5 Å². The molecule has 1 amide bonds. The summed E-state index contributed by atoms with van der Waals surface area (Å²) in [5.41, 5.74) is 1.90. The van der Waals surface area contributed by atoms with E-state index < -0.39 is 46.2 Å². The number of hydrogen-bond acceptors (Lipinski definition) is 9. The maximum absolute atomic E-state index is 17.1. The first-order valence-corrected chi connectivity index (χ1v) is 16.9. The highest BCUT2D eigenvalue weighted by molar-refractivity contribution is 7.23. The number of aromatic nitrogens is 2. The Morgan fingerprint density at radius 3 is 2.76 bits per heavy atom. The number of nitrogens with two attached hydrogens (primary N) is 1. The predicted octanol–water partition coefficient (Wildman–Crippen LogP) is 6.19. The number of carbonyl (C=O) groups excluding carboxylic acids is 1. The van der Waals surface area contributed by atoms with E-state index in [1.54, 1.807) is 9.80 Å². The van der Waals surface area contributed by atoms with Crippen molar-refractivity contribution >= 4 is 49.1 Å². The van der Waals surface area contributed by atoms with Crippen LogP contribution in [0.25, 0.3) is 32.1 Å². The summed E-state index contributed by atoms with van der Waals surface area (Å²) in [5.74, 6) is -2.48. The average molecular weight is 714 g/mol. The van der Waals surface area contributed by atoms with Gasteiger partial charge in [0.05, 0.1) is 33.4 Å². The van der Waals surface area contributed by atoms with Crippen molar-refractivity contribution in [2.24, 2.45) is 0 Å². The normalized spacial score (nSPS) is 24.8. The van der Waals surface area contributed by atoms with Gasteiger partial charge in [0.15, 0.2) is 5.82 Å². The van der Waals surface area contributed by atoms with E-state index in [4.69, 9.17) is 10.5 Å². The fourth-order valence-corrected chi connectivity index (χ4v) is 9.32. The molecule has 0 saturated carbocycles. The number of amides is 1. The van der Waals surface area contributed by atoms with E-state index >= 15 is 4.39 Å². The molecule has 6 heterocycles. The van der Waals surface area contributed by atoms with Gasteiger partial charge in [-0.15, -0.1) is 11.3 Å². The Hall–Kier alpha value is -4.62. The Morgan fingerprint density at radius 1 is 1.22 bits per heavy atom. The molecule has 4 atom stereocenters. The number of nitrogen functional groups attached to an aromatic ring is 1. The van der Waals surface area contributed by atoms with Crippen molar-refractivity contribution in [3.8, 4) is 23.2 Å². The first-order valence-electron chi connectivity index (χ1n) is 16.1. The average Bonchev–Trinajstić information content (AvgIpc) is 3.79. The Morgan fingerprint density at radius 2 is 2.02 bits per heavy atom. The van der Waals surface area contributed by atoms with Gasteiger partial charge in [0.25, 0.3) is 0 Å². The quantitative estimate of drug-likeness (QED) is 0.186. The standard InChI is InChI=1S/C34H29F6N7O2S/c1-2-24(48)46-9-6-22-23(46)14-47(22)31-18-10-20(34(38,39)40)26(17-4-5-21(36)29-25(17)19(12-41)30(42)50-29)27(37)28(18)43-32(44-31)49-15-33-7-3-8-45(33)13-16(35)11-33/h2,4-5,10,16,22-23H,1,3,6-9,11,13-15,42H2. The predicted molar refractivity (Wildman–Crippen MR) is 174 cm³/mol. The third-order valence-electron chi connectivity index (χ3n) is 10.6. The lowest BCUT2D eigenvalue weighted by atomic mass is 9.91. The van der Waals surface area contributed by atoms with Crippen molar-refractivity contribution in [3.05, 3.63) is 53.6 Å². The maximum Gasteiger partial charge on any atom is 0.417 e. The number of fused-ring (bicyclic) bond motifs is 4. The molecule has 8 rings (SSSR count). The van der Waals surface area contributed by atoms with Crippen molar-refractivity contribution in [2.75, 3.05) is 43.4 Å². The first kappa shape index (κ1) is 32.6. The van der Waals surface area contributed by atoms with Gasteiger partial charge in [-0.2, -0.15) is 28.4 Å². The second-order valence-corrected chi connectivity index (χ2v) is 14.3. The molecule has 2 aromatic carbocycles. The second-order valence-electron chi connectivity index (χ2n) is 13.3. The number of nitrogens with zero attached hydrogens (tertiary/aromatic N) is 6. The maximum atomic E-state index is 17.1. The molecular formula is C34H29F6N7O2S. The molecule has 4 aliphatic heterocycles. The molecule has 260 valence electrons. The number of rotatable bonds is 6. The molecule has 9 nitrogen and oxygen atoms in total. The van der Waals surface area contributed by atoms with E-state index in [1.807, 2.05) is 11.0 Å². The van der Waals surface area contributed by atoms with E-state index in [0.29, 0.717) is 37.3 Å². The van der Waals surface area contributed by atoms with Crippen molar-refractivity contribution in [2.45, 2.75) is 55.7 Å². The molecule has 0 radical (unpaired) electrons. The van der Waals surface area contributed by atoms with Crippen LogP contribution in [-0.4, -0.2) is 82.3 Å². The Bertz CT molecular complexity index is 2150. The van der Waals surface area contributed by atoms with Crippen molar-refractivity contribution in [1.29, 1.82) is 5.26 Å². The first-order chi connectivity index (χ1) is 23.8. The summed E-state index contributed by atoms with van der Waals surface area (Å²) in [4.78, 5) is 26.7. The number of halogens is 6. The minimum absolute atomic E-state index is 0.00702. The van der Waals surface area contributed by atoms with Gasteiger partial charge in [-0.05, 0) is 49.6 Å². The largest absolute Gasteiger partial charge is 0.461 e. The monoisotopic (exact) mass is 713 g/mol. The van der Waals surface area contributed by atoms with Crippen LogP contribution in [0.1, 0.15) is 36.8 Å². The highest BCUT2D eigenvalue weighted by atomic mass is 32.1. The summed E-state index contributed by atoms with van der Waals surface area (Å²) in [6.07, 6.45) is -2.75. The zero-order chi connectivity index (χ0) is 35.3. The molecule has 0 spiro atoms. The zero-order valence-electron chi connectivity index (χ0n) is 26.4. The molecule has 0 bridgehead atoms. The Kier molecular flexibility index (Phi) is 7.46. The molecule has 4 fully saturated rings. The molecule has 2 aromatic heterocycles. The van der Waals surface area contributed by atoms with E-state index in [0.717, 1.165) is 24.6 Å². The summed E-state index contributed by atoms with van der Waals surface area (Å²) in [7, 11) is 0. The van der Waals surface area contributed by atoms with Crippen molar-refractivity contribution in [3.63, 3.8) is 0 Å². The lowest BCUT2D eigenvalue weighted by Gasteiger charge is -2.47. The van der Waals surface area contributed by atoms with Gasteiger partial charge >= 0.3 is 12.2 Å². The van der Waals surface area contributed by atoms with Gasteiger partial charge in [-0.3, -0.25) is 9.69 Å². The van der Waals surface area contributed by atoms with E-state index in [-0.39, 0.29) is 87.5 Å². The number of anilines is 2. The zero-order valence-corrected chi connectivity index (χ0v) is 27.2. The van der Waals surface area contributed by atoms with Gasteiger partial charge in [-0.1, -0.05) is 12.6 Å². The molecule has 2 N–H and O–H groups in total. The van der Waals surface area contributed by atoms with Crippen LogP contribution in [0.5, 0.6) is 6.01 Å². The van der Waals surface area contributed by atoms with Crippen LogP contribution in [0.15, 0.2) is 30.9 Å². The molecule has 4 aliphatic rings. The van der Waals surface area contributed by atoms with Gasteiger partial charge in [-0.25, -0.2) is 13.2 Å². The molecule has 50 heavy (non-hydrogen) atoms. The summed E-state index contributed by atoms with van der Waals surface area (Å²) >= 11 is 0.679. The van der Waals surface area contributed by atoms with Crippen LogP contribution in [-0.2, 0) is 11.0 Å². The number of thiophene rings is 1. The lowest BCUT2D eigenvalue weighted by Crippen LogP contribution is -2.63. The Balaban J connectivity index is 1.32. The topological polar surface area (TPSA) is 112 Å². The van der Waals surface area contributed by atoms with E-state index in [9.17, 15) is 32.0 Å². The fourth-order valence-electron chi connectivity index (χ4n) is 8.37. The molecule has 0 aliphatic carbocycles. The van der Waals surface area contributed by atoms with Gasteiger partial charge in [0.1, 0.15) is 41.0 Å². The third-order valence-corrected chi connectivity index (χ3v) is 11.7. The summed E-state index contributed by atoms with van der Waals surface area (Å²) in [6, 6.07) is 3.60. The summed E-state index contributed by atoms with van der Waals surface area (Å²) in [6.45, 7) is 5.08. The fraction of sp³-hybridized carbons (Fsp3) is 0.412. The highest BCUT2D eigenvalue weighted by Gasteiger charge is 2.51. The third kappa shape index (κ3) is 4.80. The number of hydrogen-bond donors (Lipinski definition) is 1. The Labute approximate surface area is 285 Å². The lowest BCUT2D eigenvalue weighted by molar-refractivity contribution is -0.137. The number of nitriles is 1. The molecule has 4 saturated heterocycles. The number of ether oxygens (including phenoxy) is 1. The summed E-state index contributed by atoms with van der Waals surface area (Å²) in [5, 5.41) is 9.21. The number of benzene rings is 2. The van der Waals surface area contributed by atoms with Crippen molar-refractivity contribution in [1.82, 2.24) is 19.8 Å². The summed E-state index contributed by atoms with van der Waals surface area (Å²) < 4.78 is 97.3. The van der Waals surface area contributed by atoms with Gasteiger partial charge in [0, 0.05) is 42.4 Å². The molecule has 16 heteroatoms.